The molecule has 3 rings (SSSR count). The molecular formula is C23H20Cl3N3O4S. The Labute approximate surface area is 212 Å². The van der Waals surface area contributed by atoms with Crippen LogP contribution in [-0.2, 0) is 21.4 Å². The van der Waals surface area contributed by atoms with Crippen molar-refractivity contribution in [2.24, 2.45) is 5.10 Å². The van der Waals surface area contributed by atoms with Gasteiger partial charge in [0.05, 0.1) is 28.2 Å². The van der Waals surface area contributed by atoms with E-state index in [2.05, 4.69) is 10.5 Å². The number of carbonyl (C=O) groups is 1. The highest BCUT2D eigenvalue weighted by Gasteiger charge is 2.23. The number of sulfonamides is 1. The Morgan fingerprint density at radius 3 is 2.44 bits per heavy atom. The van der Waals surface area contributed by atoms with E-state index >= 15 is 0 Å². The summed E-state index contributed by atoms with van der Waals surface area (Å²) < 4.78 is 31.0. The fourth-order valence-electron chi connectivity index (χ4n) is 2.85. The van der Waals surface area contributed by atoms with Crippen LogP contribution in [-0.4, -0.2) is 33.3 Å². The summed E-state index contributed by atoms with van der Waals surface area (Å²) in [6.45, 7) is -0.149. The number of anilines is 1. The molecule has 0 atom stereocenters. The molecular weight excluding hydrogens is 521 g/mol. The molecule has 34 heavy (non-hydrogen) atoms. The number of nitrogens with one attached hydrogen (secondary N) is 1. The Hall–Kier alpha value is -2.78. The third-order valence-electron chi connectivity index (χ3n) is 4.46. The first-order valence-corrected chi connectivity index (χ1v) is 12.8. The van der Waals surface area contributed by atoms with E-state index in [1.807, 2.05) is 18.2 Å². The van der Waals surface area contributed by atoms with E-state index in [-0.39, 0.29) is 15.7 Å². The second kappa shape index (κ2) is 11.6. The maximum Gasteiger partial charge on any atom is 0.260 e. The first-order chi connectivity index (χ1) is 16.1. The van der Waals surface area contributed by atoms with Crippen LogP contribution in [0, 0.1) is 0 Å². The topological polar surface area (TPSA) is 88.1 Å². The molecule has 11 heteroatoms. The minimum absolute atomic E-state index is 0.0311. The molecule has 7 nitrogen and oxygen atoms in total. The maximum atomic E-state index is 12.3. The highest BCUT2D eigenvalue weighted by molar-refractivity contribution is 7.92. The van der Waals surface area contributed by atoms with Gasteiger partial charge in [0.2, 0.25) is 10.0 Å². The molecule has 178 valence electrons. The largest absolute Gasteiger partial charge is 0.489 e. The monoisotopic (exact) mass is 539 g/mol. The van der Waals surface area contributed by atoms with E-state index in [0.29, 0.717) is 22.9 Å². The third-order valence-corrected chi connectivity index (χ3v) is 6.64. The van der Waals surface area contributed by atoms with E-state index in [0.717, 1.165) is 16.1 Å². The van der Waals surface area contributed by atoms with E-state index in [9.17, 15) is 13.2 Å². The van der Waals surface area contributed by atoms with Crippen LogP contribution in [0.2, 0.25) is 15.1 Å². The number of amides is 1. The molecule has 1 N–H and O–H groups in total. The van der Waals surface area contributed by atoms with Crippen LogP contribution < -0.4 is 14.5 Å². The van der Waals surface area contributed by atoms with Crippen LogP contribution >= 0.6 is 34.8 Å². The first kappa shape index (κ1) is 25.8. The van der Waals surface area contributed by atoms with Crippen molar-refractivity contribution < 1.29 is 17.9 Å². The standard InChI is InChI=1S/C23H20Cl3N3O4S/c1-34(31,32)29(21-7-3-6-20(25)23(21)26)14-22(30)28-27-13-16-8-10-19(11-9-16)33-15-17-4-2-5-18(24)12-17/h2-13H,14-15H2,1H3,(H,28,30). The van der Waals surface area contributed by atoms with Crippen LogP contribution in [0.5, 0.6) is 5.75 Å². The molecule has 0 spiro atoms. The van der Waals surface area contributed by atoms with Gasteiger partial charge < -0.3 is 4.74 Å². The molecule has 0 radical (unpaired) electrons. The molecule has 0 unspecified atom stereocenters. The van der Waals surface area contributed by atoms with Gasteiger partial charge in [-0.25, -0.2) is 13.8 Å². The van der Waals surface area contributed by atoms with Crippen LogP contribution in [0.4, 0.5) is 5.69 Å². The number of hydrogen-bond donors (Lipinski definition) is 1. The molecule has 0 fully saturated rings. The Bertz CT molecular complexity index is 1300. The minimum Gasteiger partial charge on any atom is -0.489 e. The predicted molar refractivity (Wildman–Crippen MR) is 137 cm³/mol. The number of hydrogen-bond acceptors (Lipinski definition) is 5. The summed E-state index contributed by atoms with van der Waals surface area (Å²) >= 11 is 18.1. The first-order valence-electron chi connectivity index (χ1n) is 9.84. The van der Waals surface area contributed by atoms with Gasteiger partial charge in [-0.1, -0.05) is 53.0 Å². The van der Waals surface area contributed by atoms with Crippen molar-refractivity contribution in [3.05, 3.63) is 92.9 Å². The summed E-state index contributed by atoms with van der Waals surface area (Å²) in [6, 6.07) is 19.0. The second-order valence-electron chi connectivity index (χ2n) is 7.12. The zero-order valence-corrected chi connectivity index (χ0v) is 21.0. The van der Waals surface area contributed by atoms with Crippen molar-refractivity contribution in [1.82, 2.24) is 5.43 Å². The van der Waals surface area contributed by atoms with Gasteiger partial charge in [-0.15, -0.1) is 0 Å². The summed E-state index contributed by atoms with van der Waals surface area (Å²) in [4.78, 5) is 12.3. The van der Waals surface area contributed by atoms with Crippen LogP contribution in [0.3, 0.4) is 0 Å². The van der Waals surface area contributed by atoms with Gasteiger partial charge in [0.1, 0.15) is 18.9 Å². The van der Waals surface area contributed by atoms with Crippen LogP contribution in [0.1, 0.15) is 11.1 Å². The highest BCUT2D eigenvalue weighted by atomic mass is 35.5. The Balaban J connectivity index is 1.57. The van der Waals surface area contributed by atoms with Crippen molar-refractivity contribution in [2.45, 2.75) is 6.61 Å². The SMILES string of the molecule is CS(=O)(=O)N(CC(=O)NN=Cc1ccc(OCc2cccc(Cl)c2)cc1)c1cccc(Cl)c1Cl. The zero-order chi connectivity index (χ0) is 24.7. The average Bonchev–Trinajstić information content (AvgIpc) is 2.78. The molecule has 0 saturated carbocycles. The molecule has 0 aliphatic rings. The Morgan fingerprint density at radius 2 is 1.76 bits per heavy atom. The number of carbonyl (C=O) groups excluding carboxylic acids is 1. The zero-order valence-electron chi connectivity index (χ0n) is 17.9. The molecule has 3 aromatic carbocycles. The summed E-state index contributed by atoms with van der Waals surface area (Å²) in [7, 11) is -3.81. The normalized spacial score (nSPS) is 11.4. The molecule has 3 aromatic rings. The number of benzene rings is 3. The van der Waals surface area contributed by atoms with Gasteiger partial charge >= 0.3 is 0 Å². The number of hydrazone groups is 1. The quantitative estimate of drug-likeness (QED) is 0.301. The number of halogens is 3. The second-order valence-corrected chi connectivity index (χ2v) is 10.3. The lowest BCUT2D eigenvalue weighted by atomic mass is 10.2. The fraction of sp³-hybridized carbons (Fsp3) is 0.130. The van der Waals surface area contributed by atoms with Gasteiger partial charge in [-0.2, -0.15) is 5.10 Å². The molecule has 0 heterocycles. The summed E-state index contributed by atoms with van der Waals surface area (Å²) in [6.07, 6.45) is 2.40. The van der Waals surface area contributed by atoms with Gasteiger partial charge in [-0.05, 0) is 59.7 Å². The average molecular weight is 541 g/mol. The lowest BCUT2D eigenvalue weighted by molar-refractivity contribution is -0.119. The van der Waals surface area contributed by atoms with E-state index < -0.39 is 22.5 Å². The van der Waals surface area contributed by atoms with Gasteiger partial charge in [-0.3, -0.25) is 9.10 Å². The van der Waals surface area contributed by atoms with Gasteiger partial charge in [0.15, 0.2) is 0 Å². The molecule has 0 bridgehead atoms. The van der Waals surface area contributed by atoms with Crippen molar-refractivity contribution >= 4 is 62.6 Å². The maximum absolute atomic E-state index is 12.3. The molecule has 0 aliphatic heterocycles. The van der Waals surface area contributed by atoms with Crippen LogP contribution in [0.15, 0.2) is 71.8 Å². The van der Waals surface area contributed by atoms with E-state index in [4.69, 9.17) is 39.5 Å². The molecule has 0 aromatic heterocycles. The van der Waals surface area contributed by atoms with Crippen molar-refractivity contribution in [1.29, 1.82) is 0 Å². The van der Waals surface area contributed by atoms with E-state index in [1.54, 1.807) is 36.4 Å². The lowest BCUT2D eigenvalue weighted by Gasteiger charge is -2.22. The Kier molecular flexibility index (Phi) is 8.79. The fourth-order valence-corrected chi connectivity index (χ4v) is 4.38. The summed E-state index contributed by atoms with van der Waals surface area (Å²) in [5.74, 6) is 0.00236. The predicted octanol–water partition coefficient (Wildman–Crippen LogP) is 5.14. The summed E-state index contributed by atoms with van der Waals surface area (Å²) in [5, 5.41) is 4.73. The Morgan fingerprint density at radius 1 is 1.06 bits per heavy atom. The highest BCUT2D eigenvalue weighted by Crippen LogP contribution is 2.33. The number of nitrogens with zero attached hydrogens (tertiary/aromatic N) is 2. The minimum atomic E-state index is -3.81. The summed E-state index contributed by atoms with van der Waals surface area (Å²) in [5.41, 5.74) is 4.06. The van der Waals surface area contributed by atoms with Crippen molar-refractivity contribution in [2.75, 3.05) is 17.1 Å². The van der Waals surface area contributed by atoms with Crippen LogP contribution in [0.25, 0.3) is 0 Å². The van der Waals surface area contributed by atoms with Crippen molar-refractivity contribution in [3.63, 3.8) is 0 Å². The van der Waals surface area contributed by atoms with Gasteiger partial charge in [0.25, 0.3) is 5.91 Å². The van der Waals surface area contributed by atoms with E-state index in [1.165, 1.54) is 18.3 Å². The lowest BCUT2D eigenvalue weighted by Crippen LogP contribution is -2.39. The molecule has 1 amide bonds. The number of rotatable bonds is 9. The molecule has 0 aliphatic carbocycles. The third kappa shape index (κ3) is 7.36. The number of ether oxygens (including phenoxy) is 1. The smallest absolute Gasteiger partial charge is 0.260 e. The van der Waals surface area contributed by atoms with Crippen molar-refractivity contribution in [3.8, 4) is 5.75 Å². The van der Waals surface area contributed by atoms with Gasteiger partial charge in [0, 0.05) is 5.02 Å². The molecule has 0 saturated heterocycles.